The van der Waals surface area contributed by atoms with Crippen molar-refractivity contribution in [3.05, 3.63) is 24.3 Å². The Kier molecular flexibility index (Phi) is 4.01. The van der Waals surface area contributed by atoms with Crippen molar-refractivity contribution in [2.75, 3.05) is 13.1 Å². The summed E-state index contributed by atoms with van der Waals surface area (Å²) in [6.07, 6.45) is 3.23. The monoisotopic (exact) mass is 290 g/mol. The Labute approximate surface area is 122 Å². The van der Waals surface area contributed by atoms with Crippen molar-refractivity contribution in [2.24, 2.45) is 0 Å². The first-order chi connectivity index (χ1) is 10.3. The third-order valence-electron chi connectivity index (χ3n) is 3.59. The van der Waals surface area contributed by atoms with E-state index in [1.165, 1.54) is 0 Å². The average Bonchev–Trinajstić information content (AvgIpc) is 3.11. The van der Waals surface area contributed by atoms with E-state index in [0.29, 0.717) is 30.6 Å². The molecule has 1 amide bonds. The van der Waals surface area contributed by atoms with Gasteiger partial charge < -0.3 is 14.2 Å². The van der Waals surface area contributed by atoms with Gasteiger partial charge in [-0.15, -0.1) is 10.2 Å². The molecule has 0 bridgehead atoms. The molecule has 7 heteroatoms. The molecule has 3 rings (SSSR count). The predicted molar refractivity (Wildman–Crippen MR) is 74.1 cm³/mol. The molecule has 1 aliphatic heterocycles. The lowest BCUT2D eigenvalue weighted by molar-refractivity contribution is -0.125. The number of hydrogen-bond donors (Lipinski definition) is 1. The molecule has 1 fully saturated rings. The summed E-state index contributed by atoms with van der Waals surface area (Å²) >= 11 is 0. The molecule has 0 spiro atoms. The maximum Gasteiger partial charge on any atom is 0.283 e. The standard InChI is InChI=1S/C14H18N4O3/c1-2-10-13(19)15-6-4-7-18(10)9-12-16-17-14(21-12)11-5-3-8-20-11/h3,5,8,10H,2,4,6-7,9H2,1H3,(H,15,19)/t10-/m0/s1. The number of carbonyl (C=O) groups excluding carboxylic acids is 1. The number of nitrogens with zero attached hydrogens (tertiary/aromatic N) is 3. The van der Waals surface area contributed by atoms with Gasteiger partial charge in [-0.25, -0.2) is 0 Å². The van der Waals surface area contributed by atoms with E-state index < -0.39 is 0 Å². The summed E-state index contributed by atoms with van der Waals surface area (Å²) < 4.78 is 10.8. The molecule has 0 aromatic carbocycles. The molecule has 0 unspecified atom stereocenters. The summed E-state index contributed by atoms with van der Waals surface area (Å²) in [5.41, 5.74) is 0. The van der Waals surface area contributed by atoms with Gasteiger partial charge in [-0.1, -0.05) is 6.92 Å². The van der Waals surface area contributed by atoms with Crippen molar-refractivity contribution in [1.82, 2.24) is 20.4 Å². The number of furan rings is 1. The van der Waals surface area contributed by atoms with Crippen LogP contribution in [0.1, 0.15) is 25.7 Å². The van der Waals surface area contributed by atoms with Crippen LogP contribution in [0.15, 0.2) is 27.2 Å². The normalized spacial score (nSPS) is 20.2. The van der Waals surface area contributed by atoms with Gasteiger partial charge in [0.15, 0.2) is 5.76 Å². The summed E-state index contributed by atoms with van der Waals surface area (Å²) in [5, 5.41) is 10.9. The molecule has 1 saturated heterocycles. The highest BCUT2D eigenvalue weighted by atomic mass is 16.4. The van der Waals surface area contributed by atoms with Gasteiger partial charge in [0.05, 0.1) is 18.8 Å². The van der Waals surface area contributed by atoms with Crippen molar-refractivity contribution >= 4 is 5.91 Å². The summed E-state index contributed by atoms with van der Waals surface area (Å²) in [7, 11) is 0. The predicted octanol–water partition coefficient (Wildman–Crippen LogP) is 1.43. The Balaban J connectivity index is 1.74. The van der Waals surface area contributed by atoms with Crippen LogP contribution in [0, 0.1) is 0 Å². The fourth-order valence-electron chi connectivity index (χ4n) is 2.56. The summed E-state index contributed by atoms with van der Waals surface area (Å²) in [6, 6.07) is 3.39. The van der Waals surface area contributed by atoms with E-state index in [0.717, 1.165) is 19.4 Å². The Hall–Kier alpha value is -2.15. The molecule has 0 aliphatic carbocycles. The molecule has 0 saturated carbocycles. The zero-order valence-electron chi connectivity index (χ0n) is 11.9. The third kappa shape index (κ3) is 2.97. The Morgan fingerprint density at radius 2 is 2.38 bits per heavy atom. The topological polar surface area (TPSA) is 84.4 Å². The minimum Gasteiger partial charge on any atom is -0.459 e. The van der Waals surface area contributed by atoms with Crippen LogP contribution in [0.25, 0.3) is 11.7 Å². The number of carbonyl (C=O) groups is 1. The second-order valence-corrected chi connectivity index (χ2v) is 5.02. The average molecular weight is 290 g/mol. The molecule has 1 atom stereocenters. The molecular weight excluding hydrogens is 272 g/mol. The molecule has 1 N–H and O–H groups in total. The molecule has 1 aliphatic rings. The second-order valence-electron chi connectivity index (χ2n) is 5.02. The van der Waals surface area contributed by atoms with E-state index in [1.807, 2.05) is 6.92 Å². The van der Waals surface area contributed by atoms with E-state index >= 15 is 0 Å². The number of aromatic nitrogens is 2. The van der Waals surface area contributed by atoms with E-state index in [4.69, 9.17) is 8.83 Å². The van der Waals surface area contributed by atoms with Crippen LogP contribution < -0.4 is 5.32 Å². The zero-order valence-corrected chi connectivity index (χ0v) is 11.9. The third-order valence-corrected chi connectivity index (χ3v) is 3.59. The van der Waals surface area contributed by atoms with Crippen LogP contribution in [-0.4, -0.2) is 40.1 Å². The number of rotatable bonds is 4. The van der Waals surface area contributed by atoms with Crippen LogP contribution >= 0.6 is 0 Å². The molecule has 7 nitrogen and oxygen atoms in total. The van der Waals surface area contributed by atoms with Gasteiger partial charge in [0.25, 0.3) is 5.89 Å². The van der Waals surface area contributed by atoms with Gasteiger partial charge in [0.2, 0.25) is 11.8 Å². The SMILES string of the molecule is CC[C@H]1C(=O)NCCCN1Cc1nnc(-c2ccco2)o1. The van der Waals surface area contributed by atoms with Gasteiger partial charge in [0, 0.05) is 13.1 Å². The molecule has 21 heavy (non-hydrogen) atoms. The van der Waals surface area contributed by atoms with Crippen molar-refractivity contribution < 1.29 is 13.6 Å². The number of hydrogen-bond acceptors (Lipinski definition) is 6. The van der Waals surface area contributed by atoms with E-state index in [-0.39, 0.29) is 11.9 Å². The second kappa shape index (κ2) is 6.09. The number of nitrogens with one attached hydrogen (secondary N) is 1. The van der Waals surface area contributed by atoms with Crippen LogP contribution in [-0.2, 0) is 11.3 Å². The molecule has 112 valence electrons. The van der Waals surface area contributed by atoms with Crippen molar-refractivity contribution in [2.45, 2.75) is 32.4 Å². The van der Waals surface area contributed by atoms with Gasteiger partial charge in [-0.2, -0.15) is 0 Å². The largest absolute Gasteiger partial charge is 0.459 e. The quantitative estimate of drug-likeness (QED) is 0.917. The van der Waals surface area contributed by atoms with Crippen molar-refractivity contribution in [3.63, 3.8) is 0 Å². The summed E-state index contributed by atoms with van der Waals surface area (Å²) in [5.74, 6) is 1.48. The zero-order chi connectivity index (χ0) is 14.7. The first-order valence-electron chi connectivity index (χ1n) is 7.16. The first kappa shape index (κ1) is 13.8. The summed E-state index contributed by atoms with van der Waals surface area (Å²) in [4.78, 5) is 14.1. The van der Waals surface area contributed by atoms with Crippen molar-refractivity contribution in [1.29, 1.82) is 0 Å². The number of amides is 1. The fraction of sp³-hybridized carbons (Fsp3) is 0.500. The molecule has 2 aromatic heterocycles. The summed E-state index contributed by atoms with van der Waals surface area (Å²) in [6.45, 7) is 4.02. The Morgan fingerprint density at radius 3 is 3.14 bits per heavy atom. The van der Waals surface area contributed by atoms with Gasteiger partial charge in [0.1, 0.15) is 0 Å². The maximum atomic E-state index is 12.0. The Morgan fingerprint density at radius 1 is 1.48 bits per heavy atom. The highest BCUT2D eigenvalue weighted by Crippen LogP contribution is 2.20. The molecular formula is C14H18N4O3. The molecule has 0 radical (unpaired) electrons. The van der Waals surface area contributed by atoms with Crippen LogP contribution in [0.2, 0.25) is 0 Å². The lowest BCUT2D eigenvalue weighted by Crippen LogP contribution is -2.43. The van der Waals surface area contributed by atoms with Crippen LogP contribution in [0.5, 0.6) is 0 Å². The fourth-order valence-corrected chi connectivity index (χ4v) is 2.56. The smallest absolute Gasteiger partial charge is 0.283 e. The highest BCUT2D eigenvalue weighted by molar-refractivity contribution is 5.81. The highest BCUT2D eigenvalue weighted by Gasteiger charge is 2.27. The van der Waals surface area contributed by atoms with E-state index in [9.17, 15) is 4.79 Å². The Bertz CT molecular complexity index is 593. The van der Waals surface area contributed by atoms with Crippen LogP contribution in [0.4, 0.5) is 0 Å². The molecule has 2 aromatic rings. The first-order valence-corrected chi connectivity index (χ1v) is 7.16. The van der Waals surface area contributed by atoms with E-state index in [2.05, 4.69) is 20.4 Å². The van der Waals surface area contributed by atoms with E-state index in [1.54, 1.807) is 18.4 Å². The minimum absolute atomic E-state index is 0.0702. The van der Waals surface area contributed by atoms with Gasteiger partial charge in [-0.05, 0) is 25.0 Å². The van der Waals surface area contributed by atoms with Crippen LogP contribution in [0.3, 0.4) is 0 Å². The van der Waals surface area contributed by atoms with Gasteiger partial charge in [-0.3, -0.25) is 9.69 Å². The lowest BCUT2D eigenvalue weighted by Gasteiger charge is -2.25. The maximum absolute atomic E-state index is 12.0. The lowest BCUT2D eigenvalue weighted by atomic mass is 10.2. The minimum atomic E-state index is -0.147. The molecule has 3 heterocycles. The van der Waals surface area contributed by atoms with Crippen molar-refractivity contribution in [3.8, 4) is 11.7 Å². The van der Waals surface area contributed by atoms with Gasteiger partial charge >= 0.3 is 0 Å².